The Balaban J connectivity index is 1.97. The van der Waals surface area contributed by atoms with E-state index in [1.54, 1.807) is 6.20 Å². The van der Waals surface area contributed by atoms with Crippen LogP contribution in [-0.2, 0) is 6.42 Å². The minimum atomic E-state index is 0.799. The maximum Gasteiger partial charge on any atom is 0.107 e. The van der Waals surface area contributed by atoms with Gasteiger partial charge in [0.2, 0.25) is 0 Å². The number of aryl methyl sites for hydroxylation is 1. The SMILES string of the molecule is Cc1cc(NCCc2ncc[nH]2)c(Br)cc1N. The zero-order valence-corrected chi connectivity index (χ0v) is 11.2. The molecule has 2 aromatic rings. The second kappa shape index (κ2) is 5.23. The first-order valence-electron chi connectivity index (χ1n) is 5.44. The van der Waals surface area contributed by atoms with Crippen LogP contribution in [0.5, 0.6) is 0 Å². The van der Waals surface area contributed by atoms with Gasteiger partial charge in [-0.1, -0.05) is 0 Å². The topological polar surface area (TPSA) is 66.7 Å². The van der Waals surface area contributed by atoms with E-state index in [9.17, 15) is 0 Å². The van der Waals surface area contributed by atoms with Gasteiger partial charge in [-0.15, -0.1) is 0 Å². The van der Waals surface area contributed by atoms with Crippen LogP contribution in [0.3, 0.4) is 0 Å². The highest BCUT2D eigenvalue weighted by atomic mass is 79.9. The van der Waals surface area contributed by atoms with Crippen LogP contribution in [0.25, 0.3) is 0 Å². The highest BCUT2D eigenvalue weighted by Gasteiger charge is 2.03. The second-order valence-corrected chi connectivity index (χ2v) is 4.76. The molecule has 1 aromatic carbocycles. The molecule has 0 aliphatic rings. The number of imidazole rings is 1. The van der Waals surface area contributed by atoms with Gasteiger partial charge in [-0.2, -0.15) is 0 Å². The molecule has 0 unspecified atom stereocenters. The number of H-pyrrole nitrogens is 1. The van der Waals surface area contributed by atoms with E-state index >= 15 is 0 Å². The molecule has 17 heavy (non-hydrogen) atoms. The summed E-state index contributed by atoms with van der Waals surface area (Å²) in [4.78, 5) is 7.25. The Morgan fingerprint density at radius 3 is 3.00 bits per heavy atom. The van der Waals surface area contributed by atoms with Crippen LogP contribution < -0.4 is 11.1 Å². The summed E-state index contributed by atoms with van der Waals surface area (Å²) in [6.45, 7) is 2.83. The smallest absolute Gasteiger partial charge is 0.107 e. The standard InChI is InChI=1S/C12H15BrN4/c1-8-6-11(9(13)7-10(8)14)15-3-2-12-16-4-5-17-12/h4-7,15H,2-3,14H2,1H3,(H,16,17). The van der Waals surface area contributed by atoms with Gasteiger partial charge >= 0.3 is 0 Å². The molecule has 4 N–H and O–H groups in total. The molecular formula is C12H15BrN4. The fraction of sp³-hybridized carbons (Fsp3) is 0.250. The summed E-state index contributed by atoms with van der Waals surface area (Å²) in [5, 5.41) is 3.36. The minimum Gasteiger partial charge on any atom is -0.398 e. The summed E-state index contributed by atoms with van der Waals surface area (Å²) in [5.74, 6) is 0.987. The van der Waals surface area contributed by atoms with Crippen LogP contribution in [0.1, 0.15) is 11.4 Å². The quantitative estimate of drug-likeness (QED) is 0.760. The van der Waals surface area contributed by atoms with Gasteiger partial charge in [0, 0.05) is 41.2 Å². The highest BCUT2D eigenvalue weighted by molar-refractivity contribution is 9.10. The van der Waals surface area contributed by atoms with Crippen LogP contribution in [0.2, 0.25) is 0 Å². The first kappa shape index (κ1) is 12.0. The van der Waals surface area contributed by atoms with E-state index in [2.05, 4.69) is 31.2 Å². The third-order valence-electron chi connectivity index (χ3n) is 2.59. The van der Waals surface area contributed by atoms with Crippen molar-refractivity contribution in [3.63, 3.8) is 0 Å². The molecule has 5 heteroatoms. The molecule has 0 spiro atoms. The maximum absolute atomic E-state index is 5.82. The van der Waals surface area contributed by atoms with Gasteiger partial charge in [0.05, 0.1) is 0 Å². The Labute approximate surface area is 109 Å². The normalized spacial score (nSPS) is 10.5. The lowest BCUT2D eigenvalue weighted by Crippen LogP contribution is -2.07. The number of nitrogen functional groups attached to an aromatic ring is 1. The van der Waals surface area contributed by atoms with Gasteiger partial charge in [0.1, 0.15) is 5.82 Å². The molecule has 0 saturated heterocycles. The number of hydrogen-bond acceptors (Lipinski definition) is 3. The van der Waals surface area contributed by atoms with Crippen molar-refractivity contribution in [1.82, 2.24) is 9.97 Å². The number of nitrogens with one attached hydrogen (secondary N) is 2. The fourth-order valence-electron chi connectivity index (χ4n) is 1.58. The van der Waals surface area contributed by atoms with Crippen molar-refractivity contribution >= 4 is 27.3 Å². The number of rotatable bonds is 4. The maximum atomic E-state index is 5.82. The first-order valence-corrected chi connectivity index (χ1v) is 6.24. The van der Waals surface area contributed by atoms with Crippen molar-refractivity contribution in [2.24, 2.45) is 0 Å². The average molecular weight is 295 g/mol. The van der Waals surface area contributed by atoms with Crippen LogP contribution in [0, 0.1) is 6.92 Å². The molecule has 0 bridgehead atoms. The third-order valence-corrected chi connectivity index (χ3v) is 3.24. The molecule has 4 nitrogen and oxygen atoms in total. The molecule has 0 saturated carbocycles. The Morgan fingerprint density at radius 2 is 2.29 bits per heavy atom. The number of anilines is 2. The van der Waals surface area contributed by atoms with Gasteiger partial charge in [-0.05, 0) is 40.5 Å². The minimum absolute atomic E-state index is 0.799. The van der Waals surface area contributed by atoms with E-state index < -0.39 is 0 Å². The van der Waals surface area contributed by atoms with E-state index in [1.807, 2.05) is 25.3 Å². The molecular weight excluding hydrogens is 280 g/mol. The number of benzene rings is 1. The van der Waals surface area contributed by atoms with Crippen LogP contribution >= 0.6 is 15.9 Å². The lowest BCUT2D eigenvalue weighted by molar-refractivity contribution is 0.926. The van der Waals surface area contributed by atoms with Crippen LogP contribution in [0.15, 0.2) is 29.0 Å². The summed E-state index contributed by atoms with van der Waals surface area (Å²) >= 11 is 3.49. The molecule has 0 aliphatic heterocycles. The molecule has 0 atom stereocenters. The number of halogens is 1. The molecule has 0 amide bonds. The number of nitrogens with two attached hydrogens (primary N) is 1. The molecule has 90 valence electrons. The van der Waals surface area contributed by atoms with Gasteiger partial charge in [0.25, 0.3) is 0 Å². The van der Waals surface area contributed by atoms with Crippen molar-refractivity contribution in [3.8, 4) is 0 Å². The van der Waals surface area contributed by atoms with E-state index in [4.69, 9.17) is 5.73 Å². The van der Waals surface area contributed by atoms with Crippen molar-refractivity contribution in [2.75, 3.05) is 17.6 Å². The lowest BCUT2D eigenvalue weighted by atomic mass is 10.2. The van der Waals surface area contributed by atoms with Crippen molar-refractivity contribution < 1.29 is 0 Å². The lowest BCUT2D eigenvalue weighted by Gasteiger charge is -2.10. The average Bonchev–Trinajstić information content (AvgIpc) is 2.78. The second-order valence-electron chi connectivity index (χ2n) is 3.90. The van der Waals surface area contributed by atoms with E-state index in [1.165, 1.54) is 0 Å². The highest BCUT2D eigenvalue weighted by Crippen LogP contribution is 2.27. The van der Waals surface area contributed by atoms with E-state index in [0.717, 1.165) is 40.2 Å². The Morgan fingerprint density at radius 1 is 1.47 bits per heavy atom. The Bertz CT molecular complexity index is 493. The summed E-state index contributed by atoms with van der Waals surface area (Å²) < 4.78 is 0.986. The summed E-state index contributed by atoms with van der Waals surface area (Å²) in [7, 11) is 0. The van der Waals surface area contributed by atoms with Crippen molar-refractivity contribution in [1.29, 1.82) is 0 Å². The summed E-state index contributed by atoms with van der Waals surface area (Å²) in [5.41, 5.74) is 8.76. The molecule has 0 fully saturated rings. The van der Waals surface area contributed by atoms with Gasteiger partial charge < -0.3 is 16.0 Å². The van der Waals surface area contributed by atoms with Crippen molar-refractivity contribution in [2.45, 2.75) is 13.3 Å². The Hall–Kier alpha value is -1.49. The van der Waals surface area contributed by atoms with E-state index in [0.29, 0.717) is 0 Å². The number of hydrogen-bond donors (Lipinski definition) is 3. The molecule has 1 heterocycles. The number of nitrogens with zero attached hydrogens (tertiary/aromatic N) is 1. The van der Waals surface area contributed by atoms with Crippen molar-refractivity contribution in [3.05, 3.63) is 40.4 Å². The van der Waals surface area contributed by atoms with Gasteiger partial charge in [-0.3, -0.25) is 0 Å². The van der Waals surface area contributed by atoms with E-state index in [-0.39, 0.29) is 0 Å². The first-order chi connectivity index (χ1) is 8.16. The number of aromatic amines is 1. The van der Waals surface area contributed by atoms with Crippen LogP contribution in [0.4, 0.5) is 11.4 Å². The molecule has 2 rings (SSSR count). The van der Waals surface area contributed by atoms with Crippen LogP contribution in [-0.4, -0.2) is 16.5 Å². The monoisotopic (exact) mass is 294 g/mol. The predicted molar refractivity (Wildman–Crippen MR) is 74.1 cm³/mol. The zero-order chi connectivity index (χ0) is 12.3. The molecule has 0 aliphatic carbocycles. The zero-order valence-electron chi connectivity index (χ0n) is 9.63. The summed E-state index contributed by atoms with van der Waals surface area (Å²) in [6.07, 6.45) is 4.46. The predicted octanol–water partition coefficient (Wildman–Crippen LogP) is 2.72. The largest absolute Gasteiger partial charge is 0.398 e. The van der Waals surface area contributed by atoms with Gasteiger partial charge in [-0.25, -0.2) is 4.98 Å². The third kappa shape index (κ3) is 3.00. The fourth-order valence-corrected chi connectivity index (χ4v) is 2.08. The van der Waals surface area contributed by atoms with Gasteiger partial charge in [0.15, 0.2) is 0 Å². The summed E-state index contributed by atoms with van der Waals surface area (Å²) in [6, 6.07) is 3.96. The molecule has 1 aromatic heterocycles. The Kier molecular flexibility index (Phi) is 3.68. The molecule has 0 radical (unpaired) electrons. The number of aromatic nitrogens is 2.